The third-order valence-electron chi connectivity index (χ3n) is 4.84. The molecule has 1 amide bonds. The second kappa shape index (κ2) is 7.04. The monoisotopic (exact) mass is 391 g/mol. The summed E-state index contributed by atoms with van der Waals surface area (Å²) in [4.78, 5) is 11.1. The predicted octanol–water partition coefficient (Wildman–Crippen LogP) is 5.82. The summed E-state index contributed by atoms with van der Waals surface area (Å²) < 4.78 is 20.5. The quantitative estimate of drug-likeness (QED) is 0.689. The molecule has 144 valence electrons. The average molecular weight is 392 g/mol. The van der Waals surface area contributed by atoms with Gasteiger partial charge in [-0.1, -0.05) is 31.5 Å². The molecule has 0 radical (unpaired) electrons. The van der Waals surface area contributed by atoms with E-state index in [1.54, 1.807) is 24.3 Å². The first-order chi connectivity index (χ1) is 12.6. The molecule has 1 aliphatic carbocycles. The van der Waals surface area contributed by atoms with Gasteiger partial charge >= 0.3 is 6.09 Å². The lowest BCUT2D eigenvalue weighted by Gasteiger charge is -2.27. The van der Waals surface area contributed by atoms with E-state index in [1.165, 1.54) is 6.07 Å². The Labute approximate surface area is 163 Å². The van der Waals surface area contributed by atoms with Crippen LogP contribution in [0.4, 0.5) is 9.18 Å². The predicted molar refractivity (Wildman–Crippen MR) is 104 cm³/mol. The third-order valence-corrected chi connectivity index (χ3v) is 5.14. The van der Waals surface area contributed by atoms with Crippen LogP contribution in [-0.2, 0) is 6.42 Å². The van der Waals surface area contributed by atoms with Crippen molar-refractivity contribution in [1.82, 2.24) is 5.32 Å². The Morgan fingerprint density at radius 1 is 1.33 bits per heavy atom. The van der Waals surface area contributed by atoms with Crippen LogP contribution in [0.1, 0.15) is 44.9 Å². The molecule has 2 aromatic carbocycles. The number of ether oxygens (including phenoxy) is 1. The lowest BCUT2D eigenvalue weighted by Crippen LogP contribution is -2.34. The Morgan fingerprint density at radius 2 is 2.04 bits per heavy atom. The summed E-state index contributed by atoms with van der Waals surface area (Å²) in [5.41, 5.74) is 2.39. The van der Waals surface area contributed by atoms with Gasteiger partial charge in [0.25, 0.3) is 0 Å². The van der Waals surface area contributed by atoms with Gasteiger partial charge in [0.15, 0.2) is 0 Å². The molecule has 0 fully saturated rings. The number of carboxylic acid groups (broad SMARTS) is 1. The molecule has 6 heteroatoms. The second-order valence-corrected chi connectivity index (χ2v) is 8.30. The lowest BCUT2D eigenvalue weighted by atomic mass is 9.85. The smallest absolute Gasteiger partial charge is 0.405 e. The lowest BCUT2D eigenvalue weighted by molar-refractivity contribution is 0.175. The fraction of sp³-hybridized carbons (Fsp3) is 0.381. The normalized spacial score (nSPS) is 17.7. The van der Waals surface area contributed by atoms with Crippen molar-refractivity contribution in [2.24, 2.45) is 5.41 Å². The van der Waals surface area contributed by atoms with Crippen LogP contribution in [0, 0.1) is 11.2 Å². The zero-order valence-electron chi connectivity index (χ0n) is 15.8. The Balaban J connectivity index is 2.01. The van der Waals surface area contributed by atoms with Crippen molar-refractivity contribution in [2.75, 3.05) is 0 Å². The Morgan fingerprint density at radius 3 is 2.63 bits per heavy atom. The second-order valence-electron chi connectivity index (χ2n) is 7.89. The minimum Gasteiger partial charge on any atom is -0.489 e. The molecule has 2 N–H and O–H groups in total. The molecule has 0 heterocycles. The van der Waals surface area contributed by atoms with Gasteiger partial charge in [0.1, 0.15) is 11.6 Å². The van der Waals surface area contributed by atoms with E-state index in [9.17, 15) is 9.18 Å². The molecule has 0 bridgehead atoms. The van der Waals surface area contributed by atoms with Crippen LogP contribution in [0.25, 0.3) is 11.1 Å². The Kier molecular flexibility index (Phi) is 5.08. The maximum absolute atomic E-state index is 14.9. The number of halogens is 2. The zero-order valence-corrected chi connectivity index (χ0v) is 16.5. The molecule has 4 nitrogen and oxygen atoms in total. The summed E-state index contributed by atoms with van der Waals surface area (Å²) in [6, 6.07) is 8.00. The van der Waals surface area contributed by atoms with Gasteiger partial charge in [0.05, 0.1) is 17.2 Å². The first-order valence-electron chi connectivity index (χ1n) is 8.87. The van der Waals surface area contributed by atoms with Crippen LogP contribution in [0.15, 0.2) is 30.3 Å². The van der Waals surface area contributed by atoms with Gasteiger partial charge in [0.2, 0.25) is 0 Å². The van der Waals surface area contributed by atoms with E-state index < -0.39 is 18.0 Å². The van der Waals surface area contributed by atoms with Crippen molar-refractivity contribution in [1.29, 1.82) is 0 Å². The number of amides is 1. The molecule has 27 heavy (non-hydrogen) atoms. The van der Waals surface area contributed by atoms with E-state index in [2.05, 4.69) is 5.32 Å². The molecule has 0 saturated carbocycles. The van der Waals surface area contributed by atoms with Crippen LogP contribution in [-0.4, -0.2) is 17.3 Å². The molecule has 0 aliphatic heterocycles. The summed E-state index contributed by atoms with van der Waals surface area (Å²) in [6.45, 7) is 7.77. The van der Waals surface area contributed by atoms with Crippen molar-refractivity contribution in [2.45, 2.75) is 46.3 Å². The maximum Gasteiger partial charge on any atom is 0.405 e. The molecule has 0 saturated heterocycles. The number of fused-ring (bicyclic) bond motifs is 1. The van der Waals surface area contributed by atoms with Gasteiger partial charge < -0.3 is 15.2 Å². The van der Waals surface area contributed by atoms with Crippen molar-refractivity contribution >= 4 is 17.7 Å². The molecular weight excluding hydrogens is 369 g/mol. The minimum atomic E-state index is -1.11. The van der Waals surface area contributed by atoms with E-state index in [1.807, 2.05) is 27.7 Å². The molecule has 1 atom stereocenters. The SMILES string of the molecule is CC(C)Oc1ccc(-c2cc3c(cc2F)[C@H](NC(=O)O)C(C)(C)C3)cc1Cl. The highest BCUT2D eigenvalue weighted by atomic mass is 35.5. The summed E-state index contributed by atoms with van der Waals surface area (Å²) in [5, 5.41) is 12.1. The van der Waals surface area contributed by atoms with E-state index in [0.29, 0.717) is 33.9 Å². The molecule has 1 aliphatic rings. The van der Waals surface area contributed by atoms with Crippen molar-refractivity contribution in [3.05, 3.63) is 52.3 Å². The summed E-state index contributed by atoms with van der Waals surface area (Å²) in [6.07, 6.45) is -0.466. The number of hydrogen-bond acceptors (Lipinski definition) is 2. The van der Waals surface area contributed by atoms with Crippen molar-refractivity contribution < 1.29 is 19.0 Å². The van der Waals surface area contributed by atoms with Crippen LogP contribution in [0.3, 0.4) is 0 Å². The average Bonchev–Trinajstić information content (AvgIpc) is 2.78. The van der Waals surface area contributed by atoms with Crippen molar-refractivity contribution in [3.8, 4) is 16.9 Å². The van der Waals surface area contributed by atoms with Gasteiger partial charge in [-0.05, 0) is 66.6 Å². The van der Waals surface area contributed by atoms with Crippen LogP contribution in [0.5, 0.6) is 5.75 Å². The topological polar surface area (TPSA) is 58.6 Å². The van der Waals surface area contributed by atoms with E-state index >= 15 is 0 Å². The number of hydrogen-bond donors (Lipinski definition) is 2. The largest absolute Gasteiger partial charge is 0.489 e. The Hall–Kier alpha value is -2.27. The number of nitrogens with one attached hydrogen (secondary N) is 1. The summed E-state index contributed by atoms with van der Waals surface area (Å²) in [7, 11) is 0. The van der Waals surface area contributed by atoms with E-state index in [0.717, 1.165) is 5.56 Å². The van der Waals surface area contributed by atoms with E-state index in [-0.39, 0.29) is 11.5 Å². The first-order valence-corrected chi connectivity index (χ1v) is 9.24. The van der Waals surface area contributed by atoms with Crippen molar-refractivity contribution in [3.63, 3.8) is 0 Å². The first kappa shape index (κ1) is 19.5. The minimum absolute atomic E-state index is 0.00835. The van der Waals surface area contributed by atoms with Gasteiger partial charge in [-0.3, -0.25) is 0 Å². The zero-order chi connectivity index (χ0) is 19.9. The highest BCUT2D eigenvalue weighted by molar-refractivity contribution is 6.32. The molecule has 0 aromatic heterocycles. The van der Waals surface area contributed by atoms with Crippen LogP contribution in [0.2, 0.25) is 5.02 Å². The highest BCUT2D eigenvalue weighted by Gasteiger charge is 2.40. The van der Waals surface area contributed by atoms with Gasteiger partial charge in [-0.2, -0.15) is 0 Å². The fourth-order valence-corrected chi connectivity index (χ4v) is 3.93. The number of carbonyl (C=O) groups is 1. The number of rotatable bonds is 4. The summed E-state index contributed by atoms with van der Waals surface area (Å²) in [5.74, 6) is 0.154. The summed E-state index contributed by atoms with van der Waals surface area (Å²) >= 11 is 6.30. The third kappa shape index (κ3) is 3.88. The van der Waals surface area contributed by atoms with Gasteiger partial charge in [-0.25, -0.2) is 9.18 Å². The molecule has 0 spiro atoms. The van der Waals surface area contributed by atoms with Crippen LogP contribution < -0.4 is 10.1 Å². The Bertz CT molecular complexity index is 895. The fourth-order valence-electron chi connectivity index (χ4n) is 3.70. The molecule has 0 unspecified atom stereocenters. The van der Waals surface area contributed by atoms with Gasteiger partial charge in [-0.15, -0.1) is 0 Å². The molecule has 2 aromatic rings. The molecular formula is C21H23ClFNO3. The van der Waals surface area contributed by atoms with Gasteiger partial charge in [0, 0.05) is 5.56 Å². The molecule has 3 rings (SSSR count). The van der Waals surface area contributed by atoms with Crippen LogP contribution >= 0.6 is 11.6 Å². The number of benzene rings is 2. The maximum atomic E-state index is 14.9. The highest BCUT2D eigenvalue weighted by Crippen LogP contribution is 2.47. The van der Waals surface area contributed by atoms with E-state index in [4.69, 9.17) is 21.4 Å². The standard InChI is InChI=1S/C21H23ClFNO3/c1-11(2)27-18-6-5-12(8-16(18)22)14-7-13-10-21(3,4)19(24-20(25)26)15(13)9-17(14)23/h5-9,11,19,24H,10H2,1-4H3,(H,25,26)/t19-/m0/s1.